The number of hydrazine groups is 1. The molecule has 0 aromatic rings. The van der Waals surface area contributed by atoms with Gasteiger partial charge in [0.25, 0.3) is 0 Å². The number of hydrogen-bond donors (Lipinski definition) is 1. The third-order valence-electron chi connectivity index (χ3n) is 1.57. The molecule has 0 aromatic heterocycles. The Morgan fingerprint density at radius 2 is 2.46 bits per heavy atom. The minimum atomic E-state index is -0.773. The Kier molecular flexibility index (Phi) is 3.19. The van der Waals surface area contributed by atoms with Crippen LogP contribution in [0.4, 0.5) is 0 Å². The number of amides is 1. The lowest BCUT2D eigenvalue weighted by molar-refractivity contribution is -0.115. The second-order valence-corrected chi connectivity index (χ2v) is 2.62. The van der Waals surface area contributed by atoms with E-state index in [9.17, 15) is 9.70 Å². The summed E-state index contributed by atoms with van der Waals surface area (Å²) in [5.41, 5.74) is 2.98. The van der Waals surface area contributed by atoms with Gasteiger partial charge in [0, 0.05) is 17.9 Å². The Morgan fingerprint density at radius 1 is 1.69 bits per heavy atom. The Hall–Kier alpha value is -1.65. The first-order valence-corrected chi connectivity index (χ1v) is 4.07. The smallest absolute Gasteiger partial charge is 0.295 e. The minimum absolute atomic E-state index is 0.214. The van der Waals surface area contributed by atoms with Crippen molar-refractivity contribution in [3.8, 4) is 0 Å². The van der Waals surface area contributed by atoms with Gasteiger partial charge in [-0.05, 0) is 18.6 Å². The molecule has 1 aliphatic rings. The van der Waals surface area contributed by atoms with Gasteiger partial charge in [0.1, 0.15) is 5.70 Å². The van der Waals surface area contributed by atoms with Crippen LogP contribution in [0.5, 0.6) is 0 Å². The molecular weight excluding hydrogens is 170 g/mol. The first-order chi connectivity index (χ1) is 6.27. The molecule has 0 saturated carbocycles. The van der Waals surface area contributed by atoms with Crippen molar-refractivity contribution in [3.05, 3.63) is 29.0 Å². The lowest BCUT2D eigenvalue weighted by atomic mass is 10.3. The van der Waals surface area contributed by atoms with Crippen LogP contribution in [-0.4, -0.2) is 17.5 Å². The van der Waals surface area contributed by atoms with Crippen molar-refractivity contribution >= 4 is 5.91 Å². The third-order valence-corrected chi connectivity index (χ3v) is 1.57. The number of rotatable bonds is 3. The van der Waals surface area contributed by atoms with E-state index in [-0.39, 0.29) is 5.70 Å². The normalized spacial score (nSPS) is 14.8. The number of hydrogen-bond acceptors (Lipinski definition) is 4. The molecule has 0 saturated heterocycles. The molecule has 0 aliphatic carbocycles. The summed E-state index contributed by atoms with van der Waals surface area (Å²) in [6.45, 7) is 2.80. The van der Waals surface area contributed by atoms with Gasteiger partial charge < -0.3 is 0 Å². The van der Waals surface area contributed by atoms with Gasteiger partial charge in [-0.2, -0.15) is 0 Å². The highest BCUT2D eigenvalue weighted by atomic mass is 16.3. The van der Waals surface area contributed by atoms with Crippen LogP contribution in [0.2, 0.25) is 0 Å². The van der Waals surface area contributed by atoms with Gasteiger partial charge in [0.15, 0.2) is 0 Å². The molecule has 0 aromatic carbocycles. The standard InChI is InChI=1S/C8H11N3O2/c1-2-5-11-6-3-4-7(9-11)8(12)10-13/h3-4,6,9H,2,5H2,1H3. The zero-order chi connectivity index (χ0) is 9.68. The summed E-state index contributed by atoms with van der Waals surface area (Å²) >= 11 is 0. The second kappa shape index (κ2) is 4.39. The average molecular weight is 181 g/mol. The zero-order valence-corrected chi connectivity index (χ0v) is 7.36. The van der Waals surface area contributed by atoms with E-state index in [0.29, 0.717) is 0 Å². The summed E-state index contributed by atoms with van der Waals surface area (Å²) in [4.78, 5) is 20.8. The monoisotopic (exact) mass is 181 g/mol. The fraction of sp³-hybridized carbons (Fsp3) is 0.375. The predicted molar refractivity (Wildman–Crippen MR) is 48.2 cm³/mol. The van der Waals surface area contributed by atoms with Crippen molar-refractivity contribution in [1.82, 2.24) is 10.4 Å². The van der Waals surface area contributed by atoms with Crippen LogP contribution in [0.15, 0.2) is 29.2 Å². The molecule has 0 spiro atoms. The van der Waals surface area contributed by atoms with Gasteiger partial charge in [0.05, 0.1) is 0 Å². The molecule has 5 nitrogen and oxygen atoms in total. The lowest BCUT2D eigenvalue weighted by Gasteiger charge is -2.24. The van der Waals surface area contributed by atoms with E-state index in [1.165, 1.54) is 6.08 Å². The van der Waals surface area contributed by atoms with Gasteiger partial charge in [-0.1, -0.05) is 6.92 Å². The van der Waals surface area contributed by atoms with E-state index in [0.717, 1.165) is 13.0 Å². The van der Waals surface area contributed by atoms with Crippen LogP contribution < -0.4 is 5.43 Å². The Bertz CT molecular complexity index is 271. The molecule has 0 atom stereocenters. The summed E-state index contributed by atoms with van der Waals surface area (Å²) < 4.78 is 0. The number of nitrogens with zero attached hydrogens (tertiary/aromatic N) is 2. The first kappa shape index (κ1) is 9.44. The summed E-state index contributed by atoms with van der Waals surface area (Å²) in [5, 5.41) is 4.06. The molecule has 0 unspecified atom stereocenters. The molecule has 0 radical (unpaired) electrons. The maximum atomic E-state index is 10.8. The van der Waals surface area contributed by atoms with Crippen LogP contribution in [0.3, 0.4) is 0 Å². The van der Waals surface area contributed by atoms with E-state index in [2.05, 4.69) is 10.6 Å². The SMILES string of the molecule is CCCN1C=CC=C(C(=O)N=O)N1. The van der Waals surface area contributed by atoms with Crippen LogP contribution in [0, 0.1) is 4.91 Å². The van der Waals surface area contributed by atoms with Gasteiger partial charge in [0.2, 0.25) is 0 Å². The number of nitrogens with one attached hydrogen (secondary N) is 1. The summed E-state index contributed by atoms with van der Waals surface area (Å²) in [6, 6.07) is 0. The number of allylic oxidation sites excluding steroid dienone is 2. The Labute approximate surface area is 76.0 Å². The molecule has 70 valence electrons. The molecule has 1 heterocycles. The first-order valence-electron chi connectivity index (χ1n) is 4.07. The van der Waals surface area contributed by atoms with Crippen molar-refractivity contribution in [1.29, 1.82) is 0 Å². The highest BCUT2D eigenvalue weighted by Crippen LogP contribution is 2.03. The summed E-state index contributed by atoms with van der Waals surface area (Å²) in [6.07, 6.45) is 5.97. The van der Waals surface area contributed by atoms with Crippen LogP contribution in [0.1, 0.15) is 13.3 Å². The van der Waals surface area contributed by atoms with Crippen molar-refractivity contribution in [2.75, 3.05) is 6.54 Å². The van der Waals surface area contributed by atoms with E-state index >= 15 is 0 Å². The van der Waals surface area contributed by atoms with Crippen molar-refractivity contribution in [2.45, 2.75) is 13.3 Å². The molecule has 5 heteroatoms. The van der Waals surface area contributed by atoms with E-state index in [1.807, 2.05) is 6.92 Å². The molecule has 1 amide bonds. The zero-order valence-electron chi connectivity index (χ0n) is 7.36. The number of carbonyl (C=O) groups excluding carboxylic acids is 1. The highest BCUT2D eigenvalue weighted by molar-refractivity contribution is 5.93. The van der Waals surface area contributed by atoms with Gasteiger partial charge in [-0.3, -0.25) is 15.2 Å². The number of carbonyl (C=O) groups is 1. The van der Waals surface area contributed by atoms with E-state index in [4.69, 9.17) is 0 Å². The third kappa shape index (κ3) is 2.40. The van der Waals surface area contributed by atoms with Crippen molar-refractivity contribution in [2.24, 2.45) is 5.18 Å². The molecule has 1 aliphatic heterocycles. The average Bonchev–Trinajstić information content (AvgIpc) is 2.18. The predicted octanol–water partition coefficient (Wildman–Crippen LogP) is 0.907. The minimum Gasteiger partial charge on any atom is -0.295 e. The molecule has 0 fully saturated rings. The van der Waals surface area contributed by atoms with E-state index < -0.39 is 5.91 Å². The van der Waals surface area contributed by atoms with Crippen LogP contribution in [-0.2, 0) is 4.79 Å². The highest BCUT2D eigenvalue weighted by Gasteiger charge is 2.12. The number of nitroso groups, excluding NO2 is 1. The molecule has 1 rings (SSSR count). The maximum absolute atomic E-state index is 10.8. The van der Waals surface area contributed by atoms with Gasteiger partial charge in [-0.15, -0.1) is 4.91 Å². The molecule has 13 heavy (non-hydrogen) atoms. The fourth-order valence-corrected chi connectivity index (χ4v) is 1.01. The van der Waals surface area contributed by atoms with Gasteiger partial charge >= 0.3 is 5.91 Å². The topological polar surface area (TPSA) is 61.8 Å². The van der Waals surface area contributed by atoms with Crippen molar-refractivity contribution in [3.63, 3.8) is 0 Å². The largest absolute Gasteiger partial charge is 0.334 e. The van der Waals surface area contributed by atoms with Crippen LogP contribution in [0.25, 0.3) is 0 Å². The second-order valence-electron chi connectivity index (χ2n) is 2.62. The Balaban J connectivity index is 2.60. The molecule has 0 bridgehead atoms. The van der Waals surface area contributed by atoms with Gasteiger partial charge in [-0.25, -0.2) is 0 Å². The summed E-state index contributed by atoms with van der Waals surface area (Å²) in [5.74, 6) is -0.773. The molecular formula is C8H11N3O2. The van der Waals surface area contributed by atoms with E-state index in [1.54, 1.807) is 17.3 Å². The molecule has 1 N–H and O–H groups in total. The fourth-order valence-electron chi connectivity index (χ4n) is 1.01. The summed E-state index contributed by atoms with van der Waals surface area (Å²) in [7, 11) is 0. The lowest BCUT2D eigenvalue weighted by Crippen LogP contribution is -2.37. The quantitative estimate of drug-likeness (QED) is 0.657. The maximum Gasteiger partial charge on any atom is 0.334 e. The Morgan fingerprint density at radius 3 is 3.08 bits per heavy atom. The van der Waals surface area contributed by atoms with Crippen LogP contribution >= 0.6 is 0 Å². The van der Waals surface area contributed by atoms with Crippen molar-refractivity contribution < 1.29 is 4.79 Å².